The number of aryl methyl sites for hydroxylation is 1. The van der Waals surface area contributed by atoms with Crippen LogP contribution in [0, 0.1) is 6.92 Å². The highest BCUT2D eigenvalue weighted by Gasteiger charge is 2.28. The van der Waals surface area contributed by atoms with Crippen LogP contribution in [0.2, 0.25) is 0 Å². The second-order valence-electron chi connectivity index (χ2n) is 8.34. The summed E-state index contributed by atoms with van der Waals surface area (Å²) < 4.78 is 10.9. The zero-order valence-corrected chi connectivity index (χ0v) is 18.7. The Balaban J connectivity index is 2.18. The van der Waals surface area contributed by atoms with Crippen LogP contribution in [0.15, 0.2) is 48.5 Å². The van der Waals surface area contributed by atoms with Gasteiger partial charge in [-0.05, 0) is 63.9 Å². The Morgan fingerprint density at radius 1 is 1.07 bits per heavy atom. The topological polar surface area (TPSA) is 67.9 Å². The maximum atomic E-state index is 13.1. The molecular weight excluding hydrogens is 380 g/mol. The number of hydrogen-bond donors (Lipinski definition) is 1. The number of hydrogen-bond acceptors (Lipinski definition) is 4. The molecule has 0 saturated heterocycles. The van der Waals surface area contributed by atoms with Crippen LogP contribution in [-0.2, 0) is 16.1 Å². The molecule has 0 heterocycles. The van der Waals surface area contributed by atoms with Gasteiger partial charge in [-0.2, -0.15) is 0 Å². The summed E-state index contributed by atoms with van der Waals surface area (Å²) in [6, 6.07) is 14.3. The molecule has 2 amide bonds. The van der Waals surface area contributed by atoms with Crippen LogP contribution >= 0.6 is 0 Å². The van der Waals surface area contributed by atoms with Crippen molar-refractivity contribution < 1.29 is 19.1 Å². The van der Waals surface area contributed by atoms with Gasteiger partial charge in [0.2, 0.25) is 5.91 Å². The molecule has 2 rings (SSSR count). The van der Waals surface area contributed by atoms with Crippen LogP contribution in [0.5, 0.6) is 11.5 Å². The zero-order valence-electron chi connectivity index (χ0n) is 18.7. The van der Waals surface area contributed by atoms with Gasteiger partial charge in [0.05, 0.1) is 7.11 Å². The van der Waals surface area contributed by atoms with Crippen molar-refractivity contribution in [2.45, 2.75) is 52.7 Å². The van der Waals surface area contributed by atoms with Crippen molar-refractivity contribution in [1.29, 1.82) is 0 Å². The molecule has 0 aliphatic rings. The lowest BCUT2D eigenvalue weighted by molar-refractivity contribution is -0.142. The Morgan fingerprint density at radius 3 is 2.27 bits per heavy atom. The summed E-state index contributed by atoms with van der Waals surface area (Å²) in [5, 5.41) is 2.95. The van der Waals surface area contributed by atoms with E-state index >= 15 is 0 Å². The molecule has 0 fully saturated rings. The zero-order chi connectivity index (χ0) is 22.3. The lowest BCUT2D eigenvalue weighted by atomic mass is 10.1. The number of rotatable bonds is 8. The molecule has 0 unspecified atom stereocenters. The van der Waals surface area contributed by atoms with Crippen molar-refractivity contribution in [3.63, 3.8) is 0 Å². The molecular formula is C24H32N2O4. The van der Waals surface area contributed by atoms with Crippen molar-refractivity contribution in [3.8, 4) is 11.5 Å². The molecule has 0 spiro atoms. The molecule has 0 aliphatic heterocycles. The SMILES string of the molecule is COc1ccc(CN(C(=O)COc2ccccc2C)[C@@H](C)C(=O)NC(C)(C)C)cc1. The average Bonchev–Trinajstić information content (AvgIpc) is 2.70. The number of nitrogens with zero attached hydrogens (tertiary/aromatic N) is 1. The number of carbonyl (C=O) groups is 2. The monoisotopic (exact) mass is 412 g/mol. The quantitative estimate of drug-likeness (QED) is 0.718. The fourth-order valence-electron chi connectivity index (χ4n) is 2.93. The van der Waals surface area contributed by atoms with E-state index < -0.39 is 11.6 Å². The Labute approximate surface area is 179 Å². The number of methoxy groups -OCH3 is 1. The molecule has 2 aromatic carbocycles. The molecule has 1 atom stereocenters. The smallest absolute Gasteiger partial charge is 0.261 e. The molecule has 1 N–H and O–H groups in total. The number of ether oxygens (including phenoxy) is 2. The maximum Gasteiger partial charge on any atom is 0.261 e. The van der Waals surface area contributed by atoms with Gasteiger partial charge < -0.3 is 19.7 Å². The molecule has 6 nitrogen and oxygen atoms in total. The van der Waals surface area contributed by atoms with Crippen LogP contribution in [-0.4, -0.2) is 42.0 Å². The molecule has 0 saturated carbocycles. The van der Waals surface area contributed by atoms with Gasteiger partial charge in [0.15, 0.2) is 6.61 Å². The summed E-state index contributed by atoms with van der Waals surface area (Å²) in [4.78, 5) is 27.4. The van der Waals surface area contributed by atoms with Crippen molar-refractivity contribution in [2.75, 3.05) is 13.7 Å². The van der Waals surface area contributed by atoms with E-state index in [4.69, 9.17) is 9.47 Å². The number of amides is 2. The first kappa shape index (κ1) is 23.3. The molecule has 162 valence electrons. The molecule has 30 heavy (non-hydrogen) atoms. The minimum atomic E-state index is -0.653. The fourth-order valence-corrected chi connectivity index (χ4v) is 2.93. The van der Waals surface area contributed by atoms with Gasteiger partial charge in [0.1, 0.15) is 17.5 Å². The van der Waals surface area contributed by atoms with E-state index in [1.807, 2.05) is 76.2 Å². The Hall–Kier alpha value is -3.02. The summed E-state index contributed by atoms with van der Waals surface area (Å²) in [5.74, 6) is 0.922. The lowest BCUT2D eigenvalue weighted by Crippen LogP contribution is -2.53. The lowest BCUT2D eigenvalue weighted by Gasteiger charge is -2.31. The van der Waals surface area contributed by atoms with E-state index in [1.54, 1.807) is 18.9 Å². The first-order valence-electron chi connectivity index (χ1n) is 10.0. The Kier molecular flexibility index (Phi) is 7.86. The minimum absolute atomic E-state index is 0.145. The number of para-hydroxylation sites is 1. The molecule has 0 aliphatic carbocycles. The van der Waals surface area contributed by atoms with E-state index in [0.29, 0.717) is 12.3 Å². The van der Waals surface area contributed by atoms with Gasteiger partial charge in [-0.1, -0.05) is 30.3 Å². The van der Waals surface area contributed by atoms with Crippen molar-refractivity contribution >= 4 is 11.8 Å². The first-order chi connectivity index (χ1) is 14.1. The Morgan fingerprint density at radius 2 is 1.70 bits per heavy atom. The first-order valence-corrected chi connectivity index (χ1v) is 10.0. The number of benzene rings is 2. The van der Waals surface area contributed by atoms with Crippen LogP contribution < -0.4 is 14.8 Å². The van der Waals surface area contributed by atoms with E-state index in [-0.39, 0.29) is 18.4 Å². The average molecular weight is 413 g/mol. The van der Waals surface area contributed by atoms with Gasteiger partial charge in [0, 0.05) is 12.1 Å². The minimum Gasteiger partial charge on any atom is -0.497 e. The highest BCUT2D eigenvalue weighted by atomic mass is 16.5. The van der Waals surface area contributed by atoms with Crippen molar-refractivity contribution in [2.24, 2.45) is 0 Å². The molecule has 0 radical (unpaired) electrons. The molecule has 2 aromatic rings. The normalized spacial score (nSPS) is 12.1. The summed E-state index contributed by atoms with van der Waals surface area (Å²) in [7, 11) is 1.60. The second-order valence-corrected chi connectivity index (χ2v) is 8.34. The summed E-state index contributed by atoms with van der Waals surface area (Å²) >= 11 is 0. The number of carbonyl (C=O) groups excluding carboxylic acids is 2. The predicted molar refractivity (Wildman–Crippen MR) is 118 cm³/mol. The van der Waals surface area contributed by atoms with Crippen molar-refractivity contribution in [1.82, 2.24) is 10.2 Å². The van der Waals surface area contributed by atoms with E-state index in [2.05, 4.69) is 5.32 Å². The van der Waals surface area contributed by atoms with Crippen molar-refractivity contribution in [3.05, 3.63) is 59.7 Å². The van der Waals surface area contributed by atoms with Crippen LogP contribution in [0.4, 0.5) is 0 Å². The third-order valence-corrected chi connectivity index (χ3v) is 4.62. The van der Waals surface area contributed by atoms with Gasteiger partial charge in [-0.25, -0.2) is 0 Å². The van der Waals surface area contributed by atoms with E-state index in [0.717, 1.165) is 16.9 Å². The fraction of sp³-hybridized carbons (Fsp3) is 0.417. The van der Waals surface area contributed by atoms with Gasteiger partial charge >= 0.3 is 0 Å². The van der Waals surface area contributed by atoms with Crippen LogP contribution in [0.1, 0.15) is 38.8 Å². The summed E-state index contributed by atoms with van der Waals surface area (Å²) in [5.41, 5.74) is 1.46. The van der Waals surface area contributed by atoms with E-state index in [9.17, 15) is 9.59 Å². The third-order valence-electron chi connectivity index (χ3n) is 4.62. The standard InChI is InChI=1S/C24H32N2O4/c1-17-9-7-8-10-21(17)30-16-22(27)26(18(2)23(28)25-24(3,4)5)15-19-11-13-20(29-6)14-12-19/h7-14,18H,15-16H2,1-6H3,(H,25,28)/t18-/m0/s1. The van der Waals surface area contributed by atoms with Crippen LogP contribution in [0.3, 0.4) is 0 Å². The van der Waals surface area contributed by atoms with E-state index in [1.165, 1.54) is 0 Å². The third kappa shape index (κ3) is 6.79. The van der Waals surface area contributed by atoms with Gasteiger partial charge in [-0.15, -0.1) is 0 Å². The maximum absolute atomic E-state index is 13.1. The highest BCUT2D eigenvalue weighted by Crippen LogP contribution is 2.18. The predicted octanol–water partition coefficient (Wildman–Crippen LogP) is 3.71. The van der Waals surface area contributed by atoms with Gasteiger partial charge in [-0.3, -0.25) is 9.59 Å². The van der Waals surface area contributed by atoms with Gasteiger partial charge in [0.25, 0.3) is 5.91 Å². The molecule has 0 aromatic heterocycles. The molecule has 6 heteroatoms. The number of nitrogens with one attached hydrogen (secondary N) is 1. The molecule has 0 bridgehead atoms. The second kappa shape index (κ2) is 10.1. The summed E-state index contributed by atoms with van der Waals surface area (Å²) in [6.07, 6.45) is 0. The largest absolute Gasteiger partial charge is 0.497 e. The Bertz CT molecular complexity index is 856. The highest BCUT2D eigenvalue weighted by molar-refractivity contribution is 5.88. The summed E-state index contributed by atoms with van der Waals surface area (Å²) in [6.45, 7) is 9.54. The van der Waals surface area contributed by atoms with Crippen LogP contribution in [0.25, 0.3) is 0 Å².